The van der Waals surface area contributed by atoms with E-state index < -0.39 is 0 Å². The van der Waals surface area contributed by atoms with Crippen LogP contribution in [-0.2, 0) is 6.42 Å². The molecule has 1 aliphatic rings. The van der Waals surface area contributed by atoms with E-state index >= 15 is 0 Å². The Morgan fingerprint density at radius 3 is 3.00 bits per heavy atom. The van der Waals surface area contributed by atoms with Crippen molar-refractivity contribution in [1.82, 2.24) is 0 Å². The Kier molecular flexibility index (Phi) is 3.84. The number of allylic oxidation sites excluding steroid dienone is 1. The molecule has 0 bridgehead atoms. The van der Waals surface area contributed by atoms with Gasteiger partial charge in [-0.25, -0.2) is 0 Å². The monoisotopic (exact) mass is 292 g/mol. The highest BCUT2D eigenvalue weighted by molar-refractivity contribution is 5.71. The highest BCUT2D eigenvalue weighted by Crippen LogP contribution is 2.30. The molecule has 0 saturated heterocycles. The second-order valence-electron chi connectivity index (χ2n) is 5.24. The van der Waals surface area contributed by atoms with Crippen LogP contribution in [0.1, 0.15) is 28.9 Å². The van der Waals surface area contributed by atoms with Crippen LogP contribution in [0.15, 0.2) is 46.3 Å². The molecule has 2 aromatic rings. The lowest BCUT2D eigenvalue weighted by atomic mass is 10.1. The molecule has 0 saturated carbocycles. The van der Waals surface area contributed by atoms with E-state index in [1.54, 1.807) is 6.92 Å². The summed E-state index contributed by atoms with van der Waals surface area (Å²) in [5.74, 6) is 6.68. The van der Waals surface area contributed by atoms with Gasteiger partial charge < -0.3 is 9.15 Å². The van der Waals surface area contributed by atoms with Crippen molar-refractivity contribution < 1.29 is 9.15 Å². The van der Waals surface area contributed by atoms with Crippen LogP contribution in [-0.4, -0.2) is 6.61 Å². The number of ether oxygens (including phenoxy) is 1. The van der Waals surface area contributed by atoms with Crippen molar-refractivity contribution in [3.8, 4) is 17.6 Å². The lowest BCUT2D eigenvalue weighted by Gasteiger charge is -2.02. The van der Waals surface area contributed by atoms with Gasteiger partial charge in [0.2, 0.25) is 11.2 Å². The minimum Gasteiger partial charge on any atom is -0.473 e. The average molecular weight is 292 g/mol. The summed E-state index contributed by atoms with van der Waals surface area (Å²) in [5, 5.41) is 0. The van der Waals surface area contributed by atoms with Crippen molar-refractivity contribution >= 4 is 5.57 Å². The van der Waals surface area contributed by atoms with Gasteiger partial charge in [0.25, 0.3) is 0 Å². The smallest absolute Gasteiger partial charge is 0.227 e. The van der Waals surface area contributed by atoms with E-state index in [4.69, 9.17) is 9.15 Å². The predicted octanol–water partition coefficient (Wildman–Crippen LogP) is 3.34. The summed E-state index contributed by atoms with van der Waals surface area (Å²) in [4.78, 5) is 11.6. The van der Waals surface area contributed by atoms with Gasteiger partial charge in [-0.05, 0) is 48.6 Å². The molecule has 1 aliphatic carbocycles. The van der Waals surface area contributed by atoms with Gasteiger partial charge in [-0.1, -0.05) is 24.5 Å². The number of rotatable bonds is 2. The van der Waals surface area contributed by atoms with Crippen molar-refractivity contribution in [2.75, 3.05) is 6.61 Å². The molecule has 0 aliphatic heterocycles. The van der Waals surface area contributed by atoms with Crippen LogP contribution in [0.3, 0.4) is 0 Å². The van der Waals surface area contributed by atoms with E-state index in [0.717, 1.165) is 18.4 Å². The summed E-state index contributed by atoms with van der Waals surface area (Å²) in [6, 6.07) is 7.50. The van der Waals surface area contributed by atoms with E-state index in [-0.39, 0.29) is 17.8 Å². The molecule has 3 nitrogen and oxygen atoms in total. The van der Waals surface area contributed by atoms with Gasteiger partial charge in [0.15, 0.2) is 0 Å². The molecule has 0 unspecified atom stereocenters. The van der Waals surface area contributed by atoms with Crippen LogP contribution >= 0.6 is 0 Å². The third-order valence-corrected chi connectivity index (χ3v) is 3.71. The standard InChI is InChI=1S/C19H16O3/c1-13-5-7-16-12-15(6-8-17(13)16)4-3-10-22-19-14(2)21-11-9-18(19)20/h6,8-9,11-12H,1,5,7,10H2,2H3. The third kappa shape index (κ3) is 2.82. The molecule has 3 heteroatoms. The molecule has 0 fully saturated rings. The van der Waals surface area contributed by atoms with Gasteiger partial charge >= 0.3 is 0 Å². The number of hydrogen-bond acceptors (Lipinski definition) is 3. The molecule has 3 rings (SSSR count). The maximum atomic E-state index is 11.6. The fourth-order valence-corrected chi connectivity index (χ4v) is 2.56. The minimum absolute atomic E-state index is 0.152. The van der Waals surface area contributed by atoms with Crippen molar-refractivity contribution in [3.05, 3.63) is 69.8 Å². The summed E-state index contributed by atoms with van der Waals surface area (Å²) < 4.78 is 10.5. The maximum absolute atomic E-state index is 11.6. The van der Waals surface area contributed by atoms with Gasteiger partial charge in [-0.15, -0.1) is 0 Å². The molecule has 0 radical (unpaired) electrons. The van der Waals surface area contributed by atoms with Gasteiger partial charge in [0.1, 0.15) is 12.4 Å². The number of aryl methyl sites for hydroxylation is 2. The van der Waals surface area contributed by atoms with Gasteiger partial charge in [-0.2, -0.15) is 0 Å². The maximum Gasteiger partial charge on any atom is 0.227 e. The van der Waals surface area contributed by atoms with E-state index in [1.165, 1.54) is 29.0 Å². The highest BCUT2D eigenvalue weighted by Gasteiger charge is 2.13. The van der Waals surface area contributed by atoms with E-state index in [2.05, 4.69) is 30.6 Å². The molecule has 0 amide bonds. The van der Waals surface area contributed by atoms with Crippen LogP contribution in [0.5, 0.6) is 5.75 Å². The Morgan fingerprint density at radius 2 is 2.18 bits per heavy atom. The molecule has 0 N–H and O–H groups in total. The Morgan fingerprint density at radius 1 is 1.32 bits per heavy atom. The second kappa shape index (κ2) is 5.95. The summed E-state index contributed by atoms with van der Waals surface area (Å²) >= 11 is 0. The Bertz CT molecular complexity index is 847. The molecule has 1 aromatic heterocycles. The fourth-order valence-electron chi connectivity index (χ4n) is 2.56. The molecular formula is C19H16O3. The van der Waals surface area contributed by atoms with Crippen LogP contribution in [0.25, 0.3) is 5.57 Å². The van der Waals surface area contributed by atoms with Gasteiger partial charge in [0.05, 0.1) is 6.26 Å². The molecular weight excluding hydrogens is 276 g/mol. The second-order valence-corrected chi connectivity index (χ2v) is 5.24. The quantitative estimate of drug-likeness (QED) is 0.797. The molecule has 110 valence electrons. The zero-order valence-electron chi connectivity index (χ0n) is 12.4. The van der Waals surface area contributed by atoms with Gasteiger partial charge in [-0.3, -0.25) is 4.79 Å². The highest BCUT2D eigenvalue weighted by atomic mass is 16.5. The first-order valence-corrected chi connectivity index (χ1v) is 7.16. The first-order chi connectivity index (χ1) is 10.6. The Labute approximate surface area is 129 Å². The molecule has 0 spiro atoms. The van der Waals surface area contributed by atoms with E-state index in [0.29, 0.717) is 5.76 Å². The van der Waals surface area contributed by atoms with Crippen molar-refractivity contribution in [2.24, 2.45) is 0 Å². The zero-order valence-corrected chi connectivity index (χ0v) is 12.4. The van der Waals surface area contributed by atoms with Crippen molar-refractivity contribution in [1.29, 1.82) is 0 Å². The largest absolute Gasteiger partial charge is 0.473 e. The fraction of sp³-hybridized carbons (Fsp3) is 0.211. The van der Waals surface area contributed by atoms with Crippen LogP contribution in [0, 0.1) is 18.8 Å². The summed E-state index contributed by atoms with van der Waals surface area (Å²) in [7, 11) is 0. The minimum atomic E-state index is -0.193. The summed E-state index contributed by atoms with van der Waals surface area (Å²) in [5.41, 5.74) is 4.51. The van der Waals surface area contributed by atoms with Crippen LogP contribution in [0.2, 0.25) is 0 Å². The first-order valence-electron chi connectivity index (χ1n) is 7.16. The Balaban J connectivity index is 1.70. The zero-order chi connectivity index (χ0) is 15.5. The predicted molar refractivity (Wildman–Crippen MR) is 85.9 cm³/mol. The van der Waals surface area contributed by atoms with Crippen LogP contribution < -0.4 is 10.2 Å². The van der Waals surface area contributed by atoms with E-state index in [9.17, 15) is 4.79 Å². The van der Waals surface area contributed by atoms with Crippen molar-refractivity contribution in [3.63, 3.8) is 0 Å². The molecule has 1 heterocycles. The number of fused-ring (bicyclic) bond motifs is 1. The van der Waals surface area contributed by atoms with Gasteiger partial charge in [0, 0.05) is 11.6 Å². The molecule has 1 aromatic carbocycles. The van der Waals surface area contributed by atoms with E-state index in [1.807, 2.05) is 6.07 Å². The van der Waals surface area contributed by atoms with Crippen LogP contribution in [0.4, 0.5) is 0 Å². The SMILES string of the molecule is C=C1CCc2cc(C#CCOc3c(C)occc3=O)ccc21. The molecule has 22 heavy (non-hydrogen) atoms. The average Bonchev–Trinajstić information content (AvgIpc) is 2.87. The lowest BCUT2D eigenvalue weighted by Crippen LogP contribution is -2.08. The number of hydrogen-bond donors (Lipinski definition) is 0. The number of benzene rings is 1. The third-order valence-electron chi connectivity index (χ3n) is 3.71. The normalized spacial score (nSPS) is 12.5. The lowest BCUT2D eigenvalue weighted by molar-refractivity contribution is 0.341. The molecule has 0 atom stereocenters. The summed E-state index contributed by atoms with van der Waals surface area (Å²) in [6.45, 7) is 5.90. The topological polar surface area (TPSA) is 39.4 Å². The Hall–Kier alpha value is -2.73. The van der Waals surface area contributed by atoms with Crippen molar-refractivity contribution in [2.45, 2.75) is 19.8 Å². The first kappa shape index (κ1) is 14.2. The summed E-state index contributed by atoms with van der Waals surface area (Å²) in [6.07, 6.45) is 3.41.